The number of hydrogen-bond acceptors (Lipinski definition) is 7. The van der Waals surface area contributed by atoms with Gasteiger partial charge in [0.1, 0.15) is 5.82 Å². The first-order valence-electron chi connectivity index (χ1n) is 8.88. The minimum Gasteiger partial charge on any atom is -0.381 e. The Morgan fingerprint density at radius 3 is 2.65 bits per heavy atom. The van der Waals surface area contributed by atoms with Gasteiger partial charge in [0.05, 0.1) is 6.04 Å². The van der Waals surface area contributed by atoms with Gasteiger partial charge >= 0.3 is 0 Å². The first-order chi connectivity index (χ1) is 11.7. The molecule has 0 aromatic carbocycles. The van der Waals surface area contributed by atoms with Crippen molar-refractivity contribution in [2.24, 2.45) is 11.7 Å². The Labute approximate surface area is 171 Å². The molecule has 0 aliphatic carbocycles. The number of aromatic nitrogens is 2. The molecule has 1 unspecified atom stereocenters. The van der Waals surface area contributed by atoms with Crippen molar-refractivity contribution in [2.75, 3.05) is 44.3 Å². The van der Waals surface area contributed by atoms with E-state index in [-0.39, 0.29) is 36.6 Å². The molecule has 0 bridgehead atoms. The molecule has 1 aromatic rings. The molecule has 2 aliphatic rings. The maximum absolute atomic E-state index is 12.8. The molecule has 1 aromatic heterocycles. The molecule has 0 spiro atoms. The Morgan fingerprint density at radius 2 is 2.00 bits per heavy atom. The van der Waals surface area contributed by atoms with Gasteiger partial charge in [0, 0.05) is 57.3 Å². The third-order valence-corrected chi connectivity index (χ3v) is 5.73. The van der Waals surface area contributed by atoms with E-state index in [9.17, 15) is 4.79 Å². The Hall–Kier alpha value is -0.670. The lowest BCUT2D eigenvalue weighted by Gasteiger charge is -2.31. The van der Waals surface area contributed by atoms with Crippen LogP contribution in [-0.2, 0) is 16.0 Å². The first-order valence-corrected chi connectivity index (χ1v) is 9.66. The number of rotatable bonds is 4. The lowest BCUT2D eigenvalue weighted by atomic mass is 9.91. The van der Waals surface area contributed by atoms with Crippen LogP contribution in [0.15, 0.2) is 0 Å². The summed E-state index contributed by atoms with van der Waals surface area (Å²) in [5, 5.41) is 0.967. The van der Waals surface area contributed by atoms with Crippen LogP contribution in [0.3, 0.4) is 0 Å². The number of halogens is 2. The summed E-state index contributed by atoms with van der Waals surface area (Å²) < 4.78 is 9.73. The fourth-order valence-corrected chi connectivity index (χ4v) is 4.13. The highest BCUT2D eigenvalue weighted by molar-refractivity contribution is 7.09. The van der Waals surface area contributed by atoms with Gasteiger partial charge < -0.3 is 20.3 Å². The van der Waals surface area contributed by atoms with Gasteiger partial charge in [-0.25, -0.2) is 4.98 Å². The second-order valence-corrected chi connectivity index (χ2v) is 7.22. The summed E-state index contributed by atoms with van der Waals surface area (Å²) in [6.45, 7) is 6.68. The van der Waals surface area contributed by atoms with Crippen LogP contribution in [0.2, 0.25) is 0 Å². The van der Waals surface area contributed by atoms with Crippen LogP contribution >= 0.6 is 36.3 Å². The van der Waals surface area contributed by atoms with E-state index in [0.717, 1.165) is 69.5 Å². The summed E-state index contributed by atoms with van der Waals surface area (Å²) in [5.74, 6) is 1.24. The second-order valence-electron chi connectivity index (χ2n) is 6.49. The quantitative estimate of drug-likeness (QED) is 0.790. The highest BCUT2D eigenvalue weighted by Gasteiger charge is 2.31. The third kappa shape index (κ3) is 5.66. The van der Waals surface area contributed by atoms with Crippen LogP contribution < -0.4 is 10.6 Å². The summed E-state index contributed by atoms with van der Waals surface area (Å²) in [6.07, 6.45) is 3.57. The number of ether oxygens (including phenoxy) is 1. The Kier molecular flexibility index (Phi) is 10.1. The predicted octanol–water partition coefficient (Wildman–Crippen LogP) is 1.74. The van der Waals surface area contributed by atoms with Crippen LogP contribution in [0.1, 0.15) is 32.0 Å². The molecule has 7 nitrogen and oxygen atoms in total. The zero-order chi connectivity index (χ0) is 16.9. The average Bonchev–Trinajstić information content (AvgIpc) is 2.98. The molecular weight excluding hydrogens is 397 g/mol. The van der Waals surface area contributed by atoms with Gasteiger partial charge in [-0.15, -0.1) is 24.8 Å². The van der Waals surface area contributed by atoms with E-state index in [4.69, 9.17) is 10.5 Å². The molecule has 0 radical (unpaired) electrons. The van der Waals surface area contributed by atoms with Crippen molar-refractivity contribution < 1.29 is 9.53 Å². The number of aryl methyl sites for hydroxylation is 1. The average molecular weight is 426 g/mol. The smallest absolute Gasteiger partial charge is 0.239 e. The molecule has 3 rings (SSSR count). The molecule has 10 heteroatoms. The maximum Gasteiger partial charge on any atom is 0.239 e. The molecule has 2 N–H and O–H groups in total. The van der Waals surface area contributed by atoms with E-state index in [0.29, 0.717) is 6.54 Å². The number of carbonyl (C=O) groups is 1. The maximum atomic E-state index is 12.8. The van der Waals surface area contributed by atoms with Crippen LogP contribution in [0.25, 0.3) is 0 Å². The second kappa shape index (κ2) is 11.2. The summed E-state index contributed by atoms with van der Waals surface area (Å²) in [7, 11) is 0. The van der Waals surface area contributed by atoms with Crippen LogP contribution in [-0.4, -0.2) is 65.6 Å². The molecule has 1 atom stereocenters. The third-order valence-electron chi connectivity index (χ3n) is 4.91. The zero-order valence-electron chi connectivity index (χ0n) is 15.1. The molecule has 2 saturated heterocycles. The van der Waals surface area contributed by atoms with E-state index in [1.54, 1.807) is 0 Å². The van der Waals surface area contributed by atoms with Gasteiger partial charge in [0.15, 0.2) is 0 Å². The summed E-state index contributed by atoms with van der Waals surface area (Å²) in [4.78, 5) is 21.5. The highest BCUT2D eigenvalue weighted by atomic mass is 35.5. The SMILES string of the molecule is CCc1nsc(N2CCCN(C(=O)C(N)C3CCOCC3)CC2)n1.Cl.Cl. The number of hydrogen-bond donors (Lipinski definition) is 1. The van der Waals surface area contributed by atoms with Crippen molar-refractivity contribution in [3.8, 4) is 0 Å². The Morgan fingerprint density at radius 1 is 1.27 bits per heavy atom. The van der Waals surface area contributed by atoms with Crippen LogP contribution in [0.4, 0.5) is 5.13 Å². The largest absolute Gasteiger partial charge is 0.381 e. The normalized spacial score (nSPS) is 19.9. The Bertz CT molecular complexity index is 556. The van der Waals surface area contributed by atoms with E-state index >= 15 is 0 Å². The van der Waals surface area contributed by atoms with Gasteiger partial charge in [0.25, 0.3) is 0 Å². The number of amides is 1. The monoisotopic (exact) mass is 425 g/mol. The van der Waals surface area contributed by atoms with Gasteiger partial charge in [-0.05, 0) is 25.2 Å². The van der Waals surface area contributed by atoms with Crippen molar-refractivity contribution in [1.29, 1.82) is 0 Å². The van der Waals surface area contributed by atoms with Crippen molar-refractivity contribution in [2.45, 2.75) is 38.6 Å². The Balaban J connectivity index is 0.00000169. The van der Waals surface area contributed by atoms with Crippen molar-refractivity contribution in [1.82, 2.24) is 14.3 Å². The predicted molar refractivity (Wildman–Crippen MR) is 109 cm³/mol. The number of anilines is 1. The van der Waals surface area contributed by atoms with Crippen molar-refractivity contribution in [3.63, 3.8) is 0 Å². The molecule has 2 fully saturated rings. The lowest BCUT2D eigenvalue weighted by Crippen LogP contribution is -2.50. The summed E-state index contributed by atoms with van der Waals surface area (Å²) in [5.41, 5.74) is 6.26. The first kappa shape index (κ1) is 23.4. The summed E-state index contributed by atoms with van der Waals surface area (Å²) >= 11 is 1.45. The minimum atomic E-state index is -0.395. The van der Waals surface area contributed by atoms with Gasteiger partial charge in [-0.1, -0.05) is 6.92 Å². The molecule has 26 heavy (non-hydrogen) atoms. The van der Waals surface area contributed by atoms with Crippen molar-refractivity contribution in [3.05, 3.63) is 5.82 Å². The molecular formula is C16H29Cl2N5O2S. The highest BCUT2D eigenvalue weighted by Crippen LogP contribution is 2.22. The molecule has 3 heterocycles. The van der Waals surface area contributed by atoms with E-state index in [1.165, 1.54) is 11.5 Å². The van der Waals surface area contributed by atoms with E-state index in [2.05, 4.69) is 21.2 Å². The van der Waals surface area contributed by atoms with Gasteiger partial charge in [0.2, 0.25) is 11.0 Å². The van der Waals surface area contributed by atoms with Crippen molar-refractivity contribution >= 4 is 47.4 Å². The van der Waals surface area contributed by atoms with E-state index in [1.807, 2.05) is 4.90 Å². The summed E-state index contributed by atoms with van der Waals surface area (Å²) in [6, 6.07) is -0.395. The topological polar surface area (TPSA) is 84.6 Å². The molecule has 2 aliphatic heterocycles. The molecule has 150 valence electrons. The molecule has 0 saturated carbocycles. The minimum absolute atomic E-state index is 0. The number of carbonyl (C=O) groups excluding carboxylic acids is 1. The number of nitrogens with zero attached hydrogens (tertiary/aromatic N) is 4. The number of nitrogens with two attached hydrogens (primary N) is 1. The standard InChI is InChI=1S/C16H27N5O2S.2ClH/c1-2-13-18-16(24-19-13)21-7-3-6-20(8-9-21)15(22)14(17)12-4-10-23-11-5-12;;/h12,14H,2-11,17H2,1H3;2*1H. The fraction of sp³-hybridized carbons (Fsp3) is 0.812. The lowest BCUT2D eigenvalue weighted by molar-refractivity contribution is -0.134. The molecule has 1 amide bonds. The van der Waals surface area contributed by atoms with Gasteiger partial charge in [-0.3, -0.25) is 4.79 Å². The van der Waals surface area contributed by atoms with Crippen LogP contribution in [0, 0.1) is 5.92 Å². The zero-order valence-corrected chi connectivity index (χ0v) is 17.6. The fourth-order valence-electron chi connectivity index (χ4n) is 3.33. The van der Waals surface area contributed by atoms with E-state index < -0.39 is 6.04 Å². The van der Waals surface area contributed by atoms with Gasteiger partial charge in [-0.2, -0.15) is 4.37 Å². The van der Waals surface area contributed by atoms with Crippen LogP contribution in [0.5, 0.6) is 0 Å².